The molecule has 2 aliphatic heterocycles. The molecule has 2 heterocycles. The minimum Gasteiger partial charge on any atom is -0.392 e. The van der Waals surface area contributed by atoms with E-state index in [0.29, 0.717) is 0 Å². The molecule has 2 aliphatic rings. The molecule has 2 fully saturated rings. The Bertz CT molecular complexity index is 907. The molecule has 0 radical (unpaired) electrons. The third-order valence-corrected chi connectivity index (χ3v) is 7.01. The number of hydrogen-bond acceptors (Lipinski definition) is 5. The molecule has 2 aromatic carbocycles. The van der Waals surface area contributed by atoms with Crippen LogP contribution in [0.2, 0.25) is 0 Å². The first kappa shape index (κ1) is 24.9. The summed E-state index contributed by atoms with van der Waals surface area (Å²) in [7, 11) is 0. The summed E-state index contributed by atoms with van der Waals surface area (Å²) in [6, 6.07) is 15.7. The number of aliphatic hydroxyl groups excluding tert-OH is 1. The highest BCUT2D eigenvalue weighted by Gasteiger charge is 2.39. The summed E-state index contributed by atoms with van der Waals surface area (Å²) in [5.41, 5.74) is 3.70. The van der Waals surface area contributed by atoms with Crippen molar-refractivity contribution in [1.29, 1.82) is 0 Å². The van der Waals surface area contributed by atoms with E-state index in [1.807, 2.05) is 36.4 Å². The zero-order chi connectivity index (χ0) is 23.9. The molecule has 4 atom stereocenters. The van der Waals surface area contributed by atoms with E-state index < -0.39 is 6.29 Å². The Hall–Kier alpha value is -2.25. The van der Waals surface area contributed by atoms with Gasteiger partial charge in [0, 0.05) is 30.6 Å². The summed E-state index contributed by atoms with van der Waals surface area (Å²) in [6.07, 6.45) is 5.91. The van der Waals surface area contributed by atoms with Gasteiger partial charge < -0.3 is 24.8 Å². The van der Waals surface area contributed by atoms with Crippen LogP contribution in [-0.4, -0.2) is 41.7 Å². The maximum Gasteiger partial charge on any atom is 0.221 e. The van der Waals surface area contributed by atoms with Crippen LogP contribution in [-0.2, 0) is 20.9 Å². The van der Waals surface area contributed by atoms with E-state index >= 15 is 0 Å². The molecule has 0 bridgehead atoms. The molecule has 2 N–H and O–H groups in total. The van der Waals surface area contributed by atoms with Gasteiger partial charge in [0.15, 0.2) is 6.29 Å². The number of nitrogens with zero attached hydrogens (tertiary/aromatic N) is 1. The van der Waals surface area contributed by atoms with Gasteiger partial charge in [-0.1, -0.05) is 62.6 Å². The first-order chi connectivity index (χ1) is 16.5. The predicted molar refractivity (Wildman–Crippen MR) is 133 cm³/mol. The van der Waals surface area contributed by atoms with E-state index in [1.165, 1.54) is 39.0 Å². The van der Waals surface area contributed by atoms with E-state index in [4.69, 9.17) is 9.47 Å². The molecule has 2 saturated heterocycles. The number of aliphatic hydroxyl groups is 1. The Balaban J connectivity index is 1.56. The van der Waals surface area contributed by atoms with Crippen LogP contribution in [0.15, 0.2) is 48.5 Å². The van der Waals surface area contributed by atoms with Gasteiger partial charge in [-0.25, -0.2) is 0 Å². The molecule has 0 unspecified atom stereocenters. The maximum atomic E-state index is 11.4. The van der Waals surface area contributed by atoms with Crippen LogP contribution in [0.5, 0.6) is 0 Å². The van der Waals surface area contributed by atoms with Crippen molar-refractivity contribution in [2.75, 3.05) is 25.0 Å². The lowest BCUT2D eigenvalue weighted by Crippen LogP contribution is -2.45. The second-order valence-electron chi connectivity index (χ2n) is 9.69. The zero-order valence-corrected chi connectivity index (χ0v) is 20.4. The van der Waals surface area contributed by atoms with Gasteiger partial charge in [-0.3, -0.25) is 4.79 Å². The number of ether oxygens (including phenoxy) is 2. The van der Waals surface area contributed by atoms with Crippen LogP contribution in [0.25, 0.3) is 0 Å². The number of likely N-dealkylation sites (tertiary alicyclic amines) is 1. The van der Waals surface area contributed by atoms with E-state index in [-0.39, 0.29) is 30.6 Å². The van der Waals surface area contributed by atoms with Crippen LogP contribution in [0.4, 0.5) is 5.69 Å². The van der Waals surface area contributed by atoms with Gasteiger partial charge in [-0.05, 0) is 49.2 Å². The molecule has 0 spiro atoms. The molecular weight excluding hydrogens is 428 g/mol. The number of carbonyl (C=O) groups is 1. The fourth-order valence-corrected chi connectivity index (χ4v) is 5.00. The molecular formula is C28H38N2O4. The lowest BCUT2D eigenvalue weighted by atomic mass is 9.89. The Morgan fingerprint density at radius 1 is 0.941 bits per heavy atom. The molecule has 0 aliphatic carbocycles. The summed E-state index contributed by atoms with van der Waals surface area (Å²) < 4.78 is 13.1. The largest absolute Gasteiger partial charge is 0.392 e. The van der Waals surface area contributed by atoms with Gasteiger partial charge >= 0.3 is 0 Å². The van der Waals surface area contributed by atoms with Gasteiger partial charge in [0.05, 0.1) is 18.8 Å². The molecule has 0 saturated carbocycles. The standard InChI is InChI=1S/C28H38N2O4/c1-20-26(18-30-16-6-4-3-5-7-17-30)33-28(24-12-14-25(15-13-24)29-21(2)32)34-27(20)23-10-8-22(19-31)9-11-23/h8-15,20,26-28,31H,3-7,16-19H2,1-2H3,(H,29,32)/t20-,26+,27+,28+/m1/s1. The van der Waals surface area contributed by atoms with Gasteiger partial charge in [0.2, 0.25) is 5.91 Å². The Kier molecular flexibility index (Phi) is 8.73. The first-order valence-corrected chi connectivity index (χ1v) is 12.6. The van der Waals surface area contributed by atoms with Crippen LogP contribution >= 0.6 is 0 Å². The van der Waals surface area contributed by atoms with Crippen molar-refractivity contribution in [2.24, 2.45) is 5.92 Å². The number of benzene rings is 2. The van der Waals surface area contributed by atoms with Crippen molar-refractivity contribution in [3.05, 3.63) is 65.2 Å². The van der Waals surface area contributed by atoms with Crippen molar-refractivity contribution >= 4 is 11.6 Å². The van der Waals surface area contributed by atoms with Gasteiger partial charge in [0.1, 0.15) is 0 Å². The third-order valence-electron chi connectivity index (χ3n) is 7.01. The number of anilines is 1. The van der Waals surface area contributed by atoms with E-state index in [0.717, 1.165) is 42.0 Å². The van der Waals surface area contributed by atoms with Gasteiger partial charge in [-0.2, -0.15) is 0 Å². The normalized spacial score (nSPS) is 26.4. The zero-order valence-electron chi connectivity index (χ0n) is 20.4. The predicted octanol–water partition coefficient (Wildman–Crippen LogP) is 5.19. The van der Waals surface area contributed by atoms with Crippen molar-refractivity contribution in [3.8, 4) is 0 Å². The van der Waals surface area contributed by atoms with Crippen LogP contribution in [0.3, 0.4) is 0 Å². The Morgan fingerprint density at radius 3 is 2.18 bits per heavy atom. The quantitative estimate of drug-likeness (QED) is 0.613. The van der Waals surface area contributed by atoms with Gasteiger partial charge in [0.25, 0.3) is 0 Å². The second-order valence-corrected chi connectivity index (χ2v) is 9.69. The topological polar surface area (TPSA) is 71.0 Å². The molecule has 184 valence electrons. The fourth-order valence-electron chi connectivity index (χ4n) is 5.00. The summed E-state index contributed by atoms with van der Waals surface area (Å²) in [5, 5.41) is 12.3. The highest BCUT2D eigenvalue weighted by atomic mass is 16.7. The smallest absolute Gasteiger partial charge is 0.221 e. The highest BCUT2D eigenvalue weighted by Crippen LogP contribution is 2.42. The second kappa shape index (κ2) is 11.9. The lowest BCUT2D eigenvalue weighted by Gasteiger charge is -2.43. The monoisotopic (exact) mass is 466 g/mol. The van der Waals surface area contributed by atoms with Crippen LogP contribution in [0.1, 0.15) is 75.0 Å². The SMILES string of the molecule is CC(=O)Nc1ccc([C@H]2O[C@@H](CN3CCCCCCC3)[C@@H](C)[C@@H](c3ccc(CO)cc3)O2)cc1. The molecule has 6 heteroatoms. The minimum atomic E-state index is -0.482. The molecule has 1 amide bonds. The number of rotatable bonds is 6. The van der Waals surface area contributed by atoms with Crippen LogP contribution in [0, 0.1) is 5.92 Å². The van der Waals surface area contributed by atoms with Crippen molar-refractivity contribution in [1.82, 2.24) is 4.90 Å². The fraction of sp³-hybridized carbons (Fsp3) is 0.536. The van der Waals surface area contributed by atoms with E-state index in [1.54, 1.807) is 0 Å². The number of amides is 1. The minimum absolute atomic E-state index is 0.0331. The van der Waals surface area contributed by atoms with Crippen LogP contribution < -0.4 is 5.32 Å². The summed E-state index contributed by atoms with van der Waals surface area (Å²) in [4.78, 5) is 13.9. The molecule has 4 rings (SSSR count). The average Bonchev–Trinajstić information content (AvgIpc) is 2.82. The number of hydrogen-bond donors (Lipinski definition) is 2. The summed E-state index contributed by atoms with van der Waals surface area (Å²) in [6.45, 7) is 6.90. The summed E-state index contributed by atoms with van der Waals surface area (Å²) >= 11 is 0. The molecule has 34 heavy (non-hydrogen) atoms. The highest BCUT2D eigenvalue weighted by molar-refractivity contribution is 5.88. The molecule has 6 nitrogen and oxygen atoms in total. The third kappa shape index (κ3) is 6.45. The van der Waals surface area contributed by atoms with E-state index in [2.05, 4.69) is 29.3 Å². The van der Waals surface area contributed by atoms with Crippen molar-refractivity contribution < 1.29 is 19.4 Å². The van der Waals surface area contributed by atoms with Crippen molar-refractivity contribution in [3.63, 3.8) is 0 Å². The summed E-state index contributed by atoms with van der Waals surface area (Å²) in [5.74, 6) is 0.0896. The molecule has 0 aromatic heterocycles. The number of carbonyl (C=O) groups excluding carboxylic acids is 1. The maximum absolute atomic E-state index is 11.4. The van der Waals surface area contributed by atoms with Gasteiger partial charge in [-0.15, -0.1) is 0 Å². The molecule has 2 aromatic rings. The average molecular weight is 467 g/mol. The lowest BCUT2D eigenvalue weighted by molar-refractivity contribution is -0.276. The Labute approximate surface area is 203 Å². The first-order valence-electron chi connectivity index (χ1n) is 12.6. The van der Waals surface area contributed by atoms with Crippen molar-refractivity contribution in [2.45, 2.75) is 71.1 Å². The Morgan fingerprint density at radius 2 is 1.56 bits per heavy atom. The number of nitrogens with one attached hydrogen (secondary N) is 1. The van der Waals surface area contributed by atoms with E-state index in [9.17, 15) is 9.90 Å².